The van der Waals surface area contributed by atoms with Gasteiger partial charge >= 0.3 is 0 Å². The van der Waals surface area contributed by atoms with Gasteiger partial charge in [0.25, 0.3) is 0 Å². The molecule has 21 heavy (non-hydrogen) atoms. The molecule has 3 rings (SSSR count). The third-order valence-electron chi connectivity index (χ3n) is 5.68. The van der Waals surface area contributed by atoms with Crippen LogP contribution in [0.5, 0.6) is 0 Å². The molecule has 1 N–H and O–H groups in total. The van der Waals surface area contributed by atoms with E-state index in [-0.39, 0.29) is 0 Å². The van der Waals surface area contributed by atoms with Gasteiger partial charge in [0.05, 0.1) is 0 Å². The van der Waals surface area contributed by atoms with Crippen molar-refractivity contribution in [2.24, 2.45) is 5.92 Å². The second kappa shape index (κ2) is 6.93. The smallest absolute Gasteiger partial charge is 0.0450 e. The molecule has 0 radical (unpaired) electrons. The van der Waals surface area contributed by atoms with E-state index in [0.29, 0.717) is 12.1 Å². The molecule has 3 atom stereocenters. The highest BCUT2D eigenvalue weighted by Crippen LogP contribution is 2.31. The Morgan fingerprint density at radius 2 is 1.81 bits per heavy atom. The molecule has 1 saturated heterocycles. The average Bonchev–Trinajstić information content (AvgIpc) is 2.56. The van der Waals surface area contributed by atoms with Crippen LogP contribution in [-0.4, -0.2) is 30.1 Å². The zero-order valence-corrected chi connectivity index (χ0v) is 13.6. The Hall–Kier alpha value is -0.860. The van der Waals surface area contributed by atoms with Crippen molar-refractivity contribution in [1.82, 2.24) is 10.2 Å². The first-order chi connectivity index (χ1) is 10.3. The first-order valence-electron chi connectivity index (χ1n) is 8.80. The van der Waals surface area contributed by atoms with Crippen LogP contribution >= 0.6 is 0 Å². The van der Waals surface area contributed by atoms with Gasteiger partial charge in [-0.1, -0.05) is 49.6 Å². The Morgan fingerprint density at radius 1 is 1.10 bits per heavy atom. The lowest BCUT2D eigenvalue weighted by Crippen LogP contribution is -2.56. The summed E-state index contributed by atoms with van der Waals surface area (Å²) in [5.41, 5.74) is 1.44. The third-order valence-corrected chi connectivity index (χ3v) is 5.68. The van der Waals surface area contributed by atoms with Gasteiger partial charge in [-0.25, -0.2) is 0 Å². The topological polar surface area (TPSA) is 15.3 Å². The largest absolute Gasteiger partial charge is 0.307 e. The summed E-state index contributed by atoms with van der Waals surface area (Å²) < 4.78 is 0. The molecular weight excluding hydrogens is 256 g/mol. The first-order valence-corrected chi connectivity index (χ1v) is 8.80. The first kappa shape index (κ1) is 15.1. The quantitative estimate of drug-likeness (QED) is 0.904. The molecule has 2 heteroatoms. The summed E-state index contributed by atoms with van der Waals surface area (Å²) in [5, 5.41) is 3.73. The van der Waals surface area contributed by atoms with Crippen molar-refractivity contribution in [3.8, 4) is 0 Å². The monoisotopic (exact) mass is 286 g/mol. The fourth-order valence-corrected chi connectivity index (χ4v) is 4.25. The zero-order chi connectivity index (χ0) is 14.7. The molecule has 1 saturated carbocycles. The summed E-state index contributed by atoms with van der Waals surface area (Å²) in [4.78, 5) is 2.77. The Bertz CT molecular complexity index is 424. The van der Waals surface area contributed by atoms with Gasteiger partial charge < -0.3 is 5.32 Å². The van der Waals surface area contributed by atoms with Crippen molar-refractivity contribution in [3.05, 3.63) is 35.9 Å². The fraction of sp³-hybridized carbons (Fsp3) is 0.684. The average molecular weight is 286 g/mol. The maximum absolute atomic E-state index is 3.73. The van der Waals surface area contributed by atoms with Crippen molar-refractivity contribution in [2.45, 2.75) is 64.1 Å². The Balaban J connectivity index is 1.68. The number of piperazine rings is 1. The molecule has 1 aliphatic carbocycles. The summed E-state index contributed by atoms with van der Waals surface area (Å²) >= 11 is 0. The van der Waals surface area contributed by atoms with Crippen molar-refractivity contribution in [3.63, 3.8) is 0 Å². The lowest BCUT2D eigenvalue weighted by Gasteiger charge is -2.45. The van der Waals surface area contributed by atoms with Crippen molar-refractivity contribution < 1.29 is 0 Å². The highest BCUT2D eigenvalue weighted by Gasteiger charge is 2.33. The van der Waals surface area contributed by atoms with Gasteiger partial charge in [-0.05, 0) is 38.2 Å². The van der Waals surface area contributed by atoms with Gasteiger partial charge in [0.2, 0.25) is 0 Å². The Labute approximate surface area is 129 Å². The van der Waals surface area contributed by atoms with Crippen LogP contribution in [0.15, 0.2) is 30.3 Å². The van der Waals surface area contributed by atoms with E-state index in [1.165, 1.54) is 37.7 Å². The number of hydrogen-bond acceptors (Lipinski definition) is 2. The molecule has 116 valence electrons. The zero-order valence-electron chi connectivity index (χ0n) is 13.6. The van der Waals surface area contributed by atoms with E-state index in [4.69, 9.17) is 0 Å². The number of hydrogen-bond donors (Lipinski definition) is 1. The SMILES string of the molecule is CC1CNC(c2ccccc2)CN1C(C)C1CCCCC1. The highest BCUT2D eigenvalue weighted by atomic mass is 15.3. The van der Waals surface area contributed by atoms with Crippen LogP contribution in [0, 0.1) is 5.92 Å². The minimum Gasteiger partial charge on any atom is -0.307 e. The van der Waals surface area contributed by atoms with Crippen molar-refractivity contribution >= 4 is 0 Å². The number of benzene rings is 1. The number of rotatable bonds is 3. The molecule has 0 spiro atoms. The molecule has 0 amide bonds. The Morgan fingerprint density at radius 3 is 2.52 bits per heavy atom. The van der Waals surface area contributed by atoms with E-state index in [1.807, 2.05) is 0 Å². The lowest BCUT2D eigenvalue weighted by molar-refractivity contribution is 0.0561. The summed E-state index contributed by atoms with van der Waals surface area (Å²) in [6.07, 6.45) is 7.21. The third kappa shape index (κ3) is 3.49. The van der Waals surface area contributed by atoms with Crippen LogP contribution in [0.3, 0.4) is 0 Å². The molecule has 1 aliphatic heterocycles. The van der Waals surface area contributed by atoms with E-state index in [9.17, 15) is 0 Å². The Kier molecular flexibility index (Phi) is 4.97. The molecule has 1 aromatic carbocycles. The minimum atomic E-state index is 0.494. The normalized spacial score (nSPS) is 30.2. The van der Waals surface area contributed by atoms with Crippen LogP contribution in [0.4, 0.5) is 0 Å². The second-order valence-electron chi connectivity index (χ2n) is 7.06. The summed E-state index contributed by atoms with van der Waals surface area (Å²) in [6.45, 7) is 7.12. The van der Waals surface area contributed by atoms with E-state index < -0.39 is 0 Å². The van der Waals surface area contributed by atoms with E-state index in [1.54, 1.807) is 0 Å². The van der Waals surface area contributed by atoms with Crippen molar-refractivity contribution in [2.75, 3.05) is 13.1 Å². The molecule has 1 heterocycles. The van der Waals surface area contributed by atoms with Gasteiger partial charge in [-0.2, -0.15) is 0 Å². The molecular formula is C19H30N2. The summed E-state index contributed by atoms with van der Waals surface area (Å²) in [7, 11) is 0. The second-order valence-corrected chi connectivity index (χ2v) is 7.06. The maximum Gasteiger partial charge on any atom is 0.0450 e. The fourth-order valence-electron chi connectivity index (χ4n) is 4.25. The van der Waals surface area contributed by atoms with Gasteiger partial charge in [-0.15, -0.1) is 0 Å². The molecule has 3 unspecified atom stereocenters. The molecule has 2 aliphatic rings. The summed E-state index contributed by atoms with van der Waals surface area (Å²) in [5.74, 6) is 0.913. The lowest BCUT2D eigenvalue weighted by atomic mass is 9.83. The van der Waals surface area contributed by atoms with Crippen LogP contribution < -0.4 is 5.32 Å². The highest BCUT2D eigenvalue weighted by molar-refractivity contribution is 5.20. The molecule has 2 nitrogen and oxygen atoms in total. The van der Waals surface area contributed by atoms with Crippen molar-refractivity contribution in [1.29, 1.82) is 0 Å². The standard InChI is InChI=1S/C19H30N2/c1-15-13-20-19(18-11-7-4-8-12-18)14-21(15)16(2)17-9-5-3-6-10-17/h4,7-8,11-12,15-17,19-20H,3,5-6,9-10,13-14H2,1-2H3. The van der Waals surface area contributed by atoms with E-state index in [0.717, 1.165) is 25.0 Å². The van der Waals surface area contributed by atoms with Gasteiger partial charge in [0.15, 0.2) is 0 Å². The predicted octanol–water partition coefficient (Wildman–Crippen LogP) is 3.99. The van der Waals surface area contributed by atoms with Gasteiger partial charge in [-0.3, -0.25) is 4.90 Å². The van der Waals surface area contributed by atoms with Crippen LogP contribution in [-0.2, 0) is 0 Å². The van der Waals surface area contributed by atoms with Crippen LogP contribution in [0.2, 0.25) is 0 Å². The van der Waals surface area contributed by atoms with Crippen LogP contribution in [0.1, 0.15) is 57.6 Å². The van der Waals surface area contributed by atoms with E-state index in [2.05, 4.69) is 54.4 Å². The molecule has 0 aromatic heterocycles. The number of nitrogens with zero attached hydrogens (tertiary/aromatic N) is 1. The van der Waals surface area contributed by atoms with Gasteiger partial charge in [0, 0.05) is 31.2 Å². The predicted molar refractivity (Wildman–Crippen MR) is 89.4 cm³/mol. The minimum absolute atomic E-state index is 0.494. The molecule has 2 fully saturated rings. The van der Waals surface area contributed by atoms with Crippen LogP contribution in [0.25, 0.3) is 0 Å². The number of nitrogens with one attached hydrogen (secondary N) is 1. The molecule has 0 bridgehead atoms. The maximum atomic E-state index is 3.73. The van der Waals surface area contributed by atoms with Gasteiger partial charge in [0.1, 0.15) is 0 Å². The summed E-state index contributed by atoms with van der Waals surface area (Å²) in [6, 6.07) is 12.8. The van der Waals surface area contributed by atoms with E-state index >= 15 is 0 Å². The molecule has 1 aromatic rings.